The third-order valence-electron chi connectivity index (χ3n) is 3.99. The summed E-state index contributed by atoms with van der Waals surface area (Å²) in [6.07, 6.45) is 0.859. The van der Waals surface area contributed by atoms with E-state index in [0.717, 1.165) is 16.5 Å². The van der Waals surface area contributed by atoms with Gasteiger partial charge in [0.05, 0.1) is 5.56 Å². The number of esters is 1. The van der Waals surface area contributed by atoms with E-state index in [1.807, 2.05) is 42.5 Å². The smallest absolute Gasteiger partial charge is 0.338 e. The molecule has 1 N–H and O–H groups in total. The molecule has 22 heavy (non-hydrogen) atoms. The van der Waals surface area contributed by atoms with Crippen LogP contribution in [0.1, 0.15) is 28.3 Å². The van der Waals surface area contributed by atoms with Gasteiger partial charge >= 0.3 is 5.97 Å². The highest BCUT2D eigenvalue weighted by Gasteiger charge is 2.29. The first-order chi connectivity index (χ1) is 10.7. The largest absolute Gasteiger partial charge is 0.457 e. The standard InChI is InChI=1S/C18H18INO2/c19-15-8-6-14(7-9-15)18(21)22-17-12-20-11-10-16(17)13-4-2-1-3-5-13/h1-9,16-17,20H,10-12H2/t16-,17+/m0/s1. The fourth-order valence-electron chi connectivity index (χ4n) is 2.83. The lowest BCUT2D eigenvalue weighted by Gasteiger charge is -2.32. The van der Waals surface area contributed by atoms with Crippen LogP contribution >= 0.6 is 22.6 Å². The fraction of sp³-hybridized carbons (Fsp3) is 0.278. The number of halogens is 1. The maximum atomic E-state index is 12.3. The topological polar surface area (TPSA) is 38.3 Å². The first-order valence-electron chi connectivity index (χ1n) is 7.46. The summed E-state index contributed by atoms with van der Waals surface area (Å²) in [6, 6.07) is 17.8. The molecule has 0 unspecified atom stereocenters. The van der Waals surface area contributed by atoms with Crippen molar-refractivity contribution in [1.82, 2.24) is 5.32 Å². The molecule has 0 amide bonds. The molecule has 0 saturated carbocycles. The molecular formula is C18H18INO2. The summed E-state index contributed by atoms with van der Waals surface area (Å²) >= 11 is 2.22. The molecule has 1 aliphatic rings. The third kappa shape index (κ3) is 3.67. The number of piperidine rings is 1. The molecule has 1 heterocycles. The van der Waals surface area contributed by atoms with Crippen molar-refractivity contribution in [3.63, 3.8) is 0 Å². The van der Waals surface area contributed by atoms with E-state index in [0.29, 0.717) is 12.1 Å². The first-order valence-corrected chi connectivity index (χ1v) is 8.54. The maximum Gasteiger partial charge on any atom is 0.338 e. The van der Waals surface area contributed by atoms with Crippen LogP contribution in [-0.4, -0.2) is 25.2 Å². The SMILES string of the molecule is O=C(O[C@@H]1CNCC[C@H]1c1ccccc1)c1ccc(I)cc1. The minimum Gasteiger partial charge on any atom is -0.457 e. The number of benzene rings is 2. The summed E-state index contributed by atoms with van der Waals surface area (Å²) in [7, 11) is 0. The minimum atomic E-state index is -0.244. The molecule has 3 rings (SSSR count). The number of ether oxygens (including phenoxy) is 1. The predicted octanol–water partition coefficient (Wildman–Crippen LogP) is 3.59. The van der Waals surface area contributed by atoms with Crippen molar-refractivity contribution >= 4 is 28.6 Å². The van der Waals surface area contributed by atoms with Crippen LogP contribution in [0.3, 0.4) is 0 Å². The molecule has 0 radical (unpaired) electrons. The maximum absolute atomic E-state index is 12.3. The van der Waals surface area contributed by atoms with Crippen LogP contribution in [0.25, 0.3) is 0 Å². The van der Waals surface area contributed by atoms with Gasteiger partial charge < -0.3 is 10.1 Å². The van der Waals surface area contributed by atoms with E-state index in [1.54, 1.807) is 0 Å². The summed E-state index contributed by atoms with van der Waals surface area (Å²) in [4.78, 5) is 12.3. The molecule has 1 saturated heterocycles. The highest BCUT2D eigenvalue weighted by molar-refractivity contribution is 14.1. The Balaban J connectivity index is 1.74. The molecule has 114 valence electrons. The van der Waals surface area contributed by atoms with E-state index >= 15 is 0 Å². The van der Waals surface area contributed by atoms with Crippen molar-refractivity contribution in [3.05, 3.63) is 69.3 Å². The Hall–Kier alpha value is -1.40. The van der Waals surface area contributed by atoms with Crippen LogP contribution in [0.15, 0.2) is 54.6 Å². The van der Waals surface area contributed by atoms with Crippen LogP contribution < -0.4 is 5.32 Å². The van der Waals surface area contributed by atoms with E-state index in [1.165, 1.54) is 5.56 Å². The lowest BCUT2D eigenvalue weighted by Crippen LogP contribution is -2.42. The lowest BCUT2D eigenvalue weighted by molar-refractivity contribution is 0.0182. The second kappa shape index (κ2) is 7.24. The molecular weight excluding hydrogens is 389 g/mol. The van der Waals surface area contributed by atoms with Gasteiger partial charge in [-0.1, -0.05) is 30.3 Å². The zero-order chi connectivity index (χ0) is 15.4. The molecule has 0 aliphatic carbocycles. The highest BCUT2D eigenvalue weighted by Crippen LogP contribution is 2.28. The average molecular weight is 407 g/mol. The summed E-state index contributed by atoms with van der Waals surface area (Å²) in [5.41, 5.74) is 1.85. The van der Waals surface area contributed by atoms with Crippen LogP contribution in [0.5, 0.6) is 0 Å². The van der Waals surface area contributed by atoms with Gasteiger partial charge in [0.15, 0.2) is 0 Å². The van der Waals surface area contributed by atoms with Crippen molar-refractivity contribution in [2.24, 2.45) is 0 Å². The first kappa shape index (κ1) is 15.5. The van der Waals surface area contributed by atoms with E-state index in [-0.39, 0.29) is 18.0 Å². The summed E-state index contributed by atoms with van der Waals surface area (Å²) in [6.45, 7) is 1.66. The van der Waals surface area contributed by atoms with Crippen molar-refractivity contribution in [1.29, 1.82) is 0 Å². The molecule has 1 fully saturated rings. The number of carbonyl (C=O) groups excluding carboxylic acids is 1. The highest BCUT2D eigenvalue weighted by atomic mass is 127. The normalized spacial score (nSPS) is 21.3. The Kier molecular flexibility index (Phi) is 5.10. The Morgan fingerprint density at radius 1 is 1.09 bits per heavy atom. The Bertz CT molecular complexity index is 627. The van der Waals surface area contributed by atoms with Crippen LogP contribution in [0.2, 0.25) is 0 Å². The van der Waals surface area contributed by atoms with Crippen molar-refractivity contribution in [3.8, 4) is 0 Å². The summed E-state index contributed by atoms with van der Waals surface area (Å²) < 4.78 is 6.89. The molecule has 2 atom stereocenters. The number of carbonyl (C=O) groups is 1. The van der Waals surface area contributed by atoms with E-state index in [9.17, 15) is 4.79 Å². The molecule has 2 aromatic carbocycles. The van der Waals surface area contributed by atoms with E-state index in [4.69, 9.17) is 4.74 Å². The zero-order valence-electron chi connectivity index (χ0n) is 12.2. The zero-order valence-corrected chi connectivity index (χ0v) is 14.3. The fourth-order valence-corrected chi connectivity index (χ4v) is 3.19. The third-order valence-corrected chi connectivity index (χ3v) is 4.71. The van der Waals surface area contributed by atoms with Crippen LogP contribution in [0, 0.1) is 3.57 Å². The van der Waals surface area contributed by atoms with Gasteiger partial charge in [0.2, 0.25) is 0 Å². The number of nitrogens with one attached hydrogen (secondary N) is 1. The molecule has 0 aromatic heterocycles. The van der Waals surface area contributed by atoms with Gasteiger partial charge in [-0.25, -0.2) is 4.79 Å². The second-order valence-electron chi connectivity index (χ2n) is 5.46. The Labute approximate surface area is 144 Å². The van der Waals surface area contributed by atoms with Crippen LogP contribution in [-0.2, 0) is 4.74 Å². The van der Waals surface area contributed by atoms with Gasteiger partial charge in [0.1, 0.15) is 6.10 Å². The molecule has 4 heteroatoms. The van der Waals surface area contributed by atoms with Crippen LogP contribution in [0.4, 0.5) is 0 Å². The Morgan fingerprint density at radius 3 is 2.55 bits per heavy atom. The van der Waals surface area contributed by atoms with Crippen molar-refractivity contribution < 1.29 is 9.53 Å². The summed E-state index contributed by atoms with van der Waals surface area (Å²) in [5.74, 6) is 0.0151. The van der Waals surface area contributed by atoms with E-state index < -0.39 is 0 Å². The average Bonchev–Trinajstić information content (AvgIpc) is 2.57. The van der Waals surface area contributed by atoms with E-state index in [2.05, 4.69) is 40.0 Å². The Morgan fingerprint density at radius 2 is 1.82 bits per heavy atom. The molecule has 2 aromatic rings. The van der Waals surface area contributed by atoms with Gasteiger partial charge in [0.25, 0.3) is 0 Å². The predicted molar refractivity (Wildman–Crippen MR) is 95.0 cm³/mol. The van der Waals surface area contributed by atoms with Crippen molar-refractivity contribution in [2.45, 2.75) is 18.4 Å². The van der Waals surface area contributed by atoms with Gasteiger partial charge in [-0.3, -0.25) is 0 Å². The van der Waals surface area contributed by atoms with Gasteiger partial charge in [0, 0.05) is 16.0 Å². The molecule has 0 bridgehead atoms. The minimum absolute atomic E-state index is 0.122. The summed E-state index contributed by atoms with van der Waals surface area (Å²) in [5, 5.41) is 3.32. The second-order valence-corrected chi connectivity index (χ2v) is 6.71. The number of rotatable bonds is 3. The number of hydrogen-bond donors (Lipinski definition) is 1. The van der Waals surface area contributed by atoms with Gasteiger partial charge in [-0.2, -0.15) is 0 Å². The molecule has 3 nitrogen and oxygen atoms in total. The van der Waals surface area contributed by atoms with Gasteiger partial charge in [-0.05, 0) is 65.4 Å². The molecule has 0 spiro atoms. The van der Waals surface area contributed by atoms with Gasteiger partial charge in [-0.15, -0.1) is 0 Å². The van der Waals surface area contributed by atoms with Crippen molar-refractivity contribution in [2.75, 3.05) is 13.1 Å². The monoisotopic (exact) mass is 407 g/mol. The lowest BCUT2D eigenvalue weighted by atomic mass is 9.88. The molecule has 1 aliphatic heterocycles. The quantitative estimate of drug-likeness (QED) is 0.625. The number of hydrogen-bond acceptors (Lipinski definition) is 3.